The van der Waals surface area contributed by atoms with Crippen LogP contribution in [0.2, 0.25) is 0 Å². The first-order valence-electron chi connectivity index (χ1n) is 27.7. The van der Waals surface area contributed by atoms with Crippen LogP contribution in [0.15, 0.2) is 12.2 Å². The summed E-state index contributed by atoms with van der Waals surface area (Å²) >= 11 is 0. The van der Waals surface area contributed by atoms with E-state index in [1.807, 2.05) is 4.90 Å². The van der Waals surface area contributed by atoms with Crippen LogP contribution in [0.3, 0.4) is 0 Å². The van der Waals surface area contributed by atoms with Gasteiger partial charge >= 0.3 is 11.9 Å². The number of hydrogen-bond acceptors (Lipinski definition) is 7. The van der Waals surface area contributed by atoms with Gasteiger partial charge in [0.05, 0.1) is 19.8 Å². The Morgan fingerprint density at radius 2 is 0.766 bits per heavy atom. The lowest BCUT2D eigenvalue weighted by Crippen LogP contribution is -2.37. The molecular formula is C55H106F2N2O5. The molecule has 0 aliphatic carbocycles. The zero-order valence-electron chi connectivity index (χ0n) is 42.8. The van der Waals surface area contributed by atoms with Crippen molar-refractivity contribution in [1.29, 1.82) is 0 Å². The molecule has 0 aromatic carbocycles. The van der Waals surface area contributed by atoms with E-state index in [9.17, 15) is 23.5 Å². The van der Waals surface area contributed by atoms with E-state index in [1.165, 1.54) is 154 Å². The molecule has 0 saturated carbocycles. The van der Waals surface area contributed by atoms with E-state index in [2.05, 4.69) is 32.6 Å². The summed E-state index contributed by atoms with van der Waals surface area (Å²) in [6.07, 6.45) is 40.5. The van der Waals surface area contributed by atoms with Crippen molar-refractivity contribution in [3.8, 4) is 0 Å². The van der Waals surface area contributed by atoms with Gasteiger partial charge in [0.2, 0.25) is 0 Å². The lowest BCUT2D eigenvalue weighted by atomic mass is 9.94. The Balaban J connectivity index is 4.65. The molecule has 0 heterocycles. The summed E-state index contributed by atoms with van der Waals surface area (Å²) in [6, 6.07) is 0. The molecule has 380 valence electrons. The average Bonchev–Trinajstić information content (AvgIpc) is 3.28. The van der Waals surface area contributed by atoms with Crippen LogP contribution >= 0.6 is 0 Å². The molecule has 0 rings (SSSR count). The second kappa shape index (κ2) is 49.3. The fraction of sp³-hybridized carbons (Fsp3) is 0.927. The summed E-state index contributed by atoms with van der Waals surface area (Å²) in [5.41, 5.74) is 0. The molecule has 0 amide bonds. The van der Waals surface area contributed by atoms with Gasteiger partial charge in [0, 0.05) is 39.0 Å². The van der Waals surface area contributed by atoms with Crippen LogP contribution in [0.5, 0.6) is 0 Å². The Kier molecular flexibility index (Phi) is 48.1. The van der Waals surface area contributed by atoms with Gasteiger partial charge in [-0.25, -0.2) is 0 Å². The number of esters is 2. The van der Waals surface area contributed by atoms with Gasteiger partial charge in [-0.05, 0) is 82.4 Å². The standard InChI is InChI=1S/C55H106F2N2O5/c1-5-9-13-17-21-27-35-51(36-28-22-18-14-10-6-2)49-63-54(61)39-31-25-33-42-58(44-41-53(56)57)45-46-59(47-48-60)43-34-26-32-40-55(62)64-50-52(37-29-23-19-15-11-7-3)38-30-24-20-16-12-8-4/h41,51-52,60H,5-40,42-50H2,1-4H3. The largest absolute Gasteiger partial charge is 0.465 e. The minimum Gasteiger partial charge on any atom is -0.465 e. The molecule has 0 radical (unpaired) electrons. The van der Waals surface area contributed by atoms with Crippen LogP contribution in [0.25, 0.3) is 0 Å². The number of aliphatic hydroxyl groups excluding tert-OH is 1. The lowest BCUT2D eigenvalue weighted by Gasteiger charge is -2.26. The molecule has 9 heteroatoms. The van der Waals surface area contributed by atoms with Crippen molar-refractivity contribution in [2.24, 2.45) is 11.8 Å². The van der Waals surface area contributed by atoms with E-state index in [1.54, 1.807) is 0 Å². The number of aliphatic hydroxyl groups is 1. The second-order valence-electron chi connectivity index (χ2n) is 19.3. The molecule has 0 unspecified atom stereocenters. The molecule has 0 spiro atoms. The van der Waals surface area contributed by atoms with Gasteiger partial charge in [0.1, 0.15) is 0 Å². The summed E-state index contributed by atoms with van der Waals surface area (Å²) < 4.78 is 37.9. The van der Waals surface area contributed by atoms with E-state index in [4.69, 9.17) is 9.47 Å². The summed E-state index contributed by atoms with van der Waals surface area (Å²) in [5, 5.41) is 9.76. The normalized spacial score (nSPS) is 11.7. The highest BCUT2D eigenvalue weighted by atomic mass is 19.3. The van der Waals surface area contributed by atoms with E-state index in [0.717, 1.165) is 76.8 Å². The molecule has 0 aliphatic rings. The zero-order chi connectivity index (χ0) is 47.0. The number of rotatable bonds is 51. The predicted octanol–water partition coefficient (Wildman–Crippen LogP) is 15.8. The summed E-state index contributed by atoms with van der Waals surface area (Å²) in [7, 11) is 0. The molecule has 0 aliphatic heterocycles. The van der Waals surface area contributed by atoms with Crippen LogP contribution in [-0.4, -0.2) is 85.9 Å². The highest BCUT2D eigenvalue weighted by Crippen LogP contribution is 2.22. The van der Waals surface area contributed by atoms with Crippen LogP contribution < -0.4 is 0 Å². The Morgan fingerprint density at radius 3 is 1.12 bits per heavy atom. The van der Waals surface area contributed by atoms with Crippen molar-refractivity contribution in [3.63, 3.8) is 0 Å². The quantitative estimate of drug-likeness (QED) is 0.0481. The molecular weight excluding hydrogens is 807 g/mol. The van der Waals surface area contributed by atoms with E-state index >= 15 is 0 Å². The van der Waals surface area contributed by atoms with Crippen molar-refractivity contribution in [3.05, 3.63) is 12.2 Å². The minimum atomic E-state index is -1.67. The Morgan fingerprint density at radius 1 is 0.438 bits per heavy atom. The van der Waals surface area contributed by atoms with Gasteiger partial charge in [0.15, 0.2) is 0 Å². The number of carbonyl (C=O) groups is 2. The molecule has 0 aromatic rings. The number of hydrogen-bond donors (Lipinski definition) is 1. The molecule has 1 N–H and O–H groups in total. The molecule has 0 fully saturated rings. The third kappa shape index (κ3) is 44.3. The Labute approximate surface area is 395 Å². The third-order valence-corrected chi connectivity index (χ3v) is 13.2. The minimum absolute atomic E-state index is 0.0406. The first kappa shape index (κ1) is 62.4. The topological polar surface area (TPSA) is 79.3 Å². The number of ether oxygens (including phenoxy) is 2. The number of nitrogens with zero attached hydrogens (tertiary/aromatic N) is 2. The van der Waals surface area contributed by atoms with Crippen molar-refractivity contribution >= 4 is 11.9 Å². The maximum atomic E-state index is 13.1. The van der Waals surface area contributed by atoms with Gasteiger partial charge in [0.25, 0.3) is 6.08 Å². The summed E-state index contributed by atoms with van der Waals surface area (Å²) in [4.78, 5) is 29.7. The fourth-order valence-corrected chi connectivity index (χ4v) is 8.86. The molecule has 64 heavy (non-hydrogen) atoms. The predicted molar refractivity (Wildman–Crippen MR) is 268 cm³/mol. The monoisotopic (exact) mass is 913 g/mol. The van der Waals surface area contributed by atoms with Crippen LogP contribution in [0.4, 0.5) is 8.78 Å². The van der Waals surface area contributed by atoms with Crippen molar-refractivity contribution in [1.82, 2.24) is 9.80 Å². The molecule has 0 aromatic heterocycles. The zero-order valence-corrected chi connectivity index (χ0v) is 42.8. The van der Waals surface area contributed by atoms with Gasteiger partial charge in [-0.2, -0.15) is 8.78 Å². The second-order valence-corrected chi connectivity index (χ2v) is 19.3. The van der Waals surface area contributed by atoms with Crippen LogP contribution in [-0.2, 0) is 19.1 Å². The highest BCUT2D eigenvalue weighted by Gasteiger charge is 2.15. The van der Waals surface area contributed by atoms with Gasteiger partial charge in [-0.1, -0.05) is 195 Å². The number of halogens is 2. The Hall–Kier alpha value is -1.58. The molecule has 0 atom stereocenters. The summed E-state index contributed by atoms with van der Waals surface area (Å²) in [6.45, 7) is 13.6. The third-order valence-electron chi connectivity index (χ3n) is 13.2. The lowest BCUT2D eigenvalue weighted by molar-refractivity contribution is -0.146. The smallest absolute Gasteiger partial charge is 0.305 e. The maximum absolute atomic E-state index is 13.1. The van der Waals surface area contributed by atoms with Crippen molar-refractivity contribution in [2.75, 3.05) is 59.1 Å². The average molecular weight is 913 g/mol. The maximum Gasteiger partial charge on any atom is 0.305 e. The van der Waals surface area contributed by atoms with Crippen LogP contribution in [0, 0.1) is 11.8 Å². The van der Waals surface area contributed by atoms with Crippen molar-refractivity contribution < 1.29 is 33.0 Å². The highest BCUT2D eigenvalue weighted by molar-refractivity contribution is 5.69. The van der Waals surface area contributed by atoms with Gasteiger partial charge in [-0.3, -0.25) is 19.4 Å². The number of carbonyl (C=O) groups excluding carboxylic acids is 2. The SMILES string of the molecule is CCCCCCCCC(CCCCCCCC)COC(=O)CCCCCN(CC=C(F)F)CCN(CCO)CCCCCC(=O)OCC(CCCCCCCC)CCCCCCCC. The first-order chi connectivity index (χ1) is 31.3. The Bertz CT molecular complexity index is 996. The fourth-order valence-electron chi connectivity index (χ4n) is 8.86. The summed E-state index contributed by atoms with van der Waals surface area (Å²) in [5.74, 6) is 0.721. The van der Waals surface area contributed by atoms with E-state index < -0.39 is 6.08 Å². The van der Waals surface area contributed by atoms with Crippen molar-refractivity contribution in [2.45, 2.75) is 259 Å². The van der Waals surface area contributed by atoms with E-state index in [0.29, 0.717) is 64.1 Å². The van der Waals surface area contributed by atoms with Gasteiger partial charge in [-0.15, -0.1) is 0 Å². The first-order valence-corrected chi connectivity index (χ1v) is 27.7. The van der Waals surface area contributed by atoms with Gasteiger partial charge < -0.3 is 14.6 Å². The van der Waals surface area contributed by atoms with Crippen LogP contribution in [0.1, 0.15) is 259 Å². The van der Waals surface area contributed by atoms with E-state index in [-0.39, 0.29) is 25.1 Å². The molecule has 7 nitrogen and oxygen atoms in total. The number of unbranched alkanes of at least 4 members (excludes halogenated alkanes) is 24. The molecule has 0 saturated heterocycles. The molecule has 0 bridgehead atoms.